The molecule has 1 saturated heterocycles. The lowest BCUT2D eigenvalue weighted by molar-refractivity contribution is -0.122. The zero-order valence-corrected chi connectivity index (χ0v) is 12.7. The maximum absolute atomic E-state index is 12.3. The number of hydrogen-bond donors (Lipinski definition) is 2. The molecule has 2 rings (SSSR count). The minimum Gasteiger partial charge on any atom is -0.358 e. The molecule has 1 aromatic carbocycles. The molecule has 4 nitrogen and oxygen atoms in total. The molecule has 1 amide bonds. The summed E-state index contributed by atoms with van der Waals surface area (Å²) in [5.74, 6) is 0.0752. The number of halogens is 1. The van der Waals surface area contributed by atoms with Gasteiger partial charge in [0.2, 0.25) is 5.91 Å². The minimum atomic E-state index is -0.186. The number of carbonyl (C=O) groups is 1. The molecule has 19 heavy (non-hydrogen) atoms. The van der Waals surface area contributed by atoms with Crippen molar-refractivity contribution in [3.8, 4) is 0 Å². The third kappa shape index (κ3) is 3.28. The van der Waals surface area contributed by atoms with Gasteiger partial charge in [0.25, 0.3) is 0 Å². The molecule has 1 fully saturated rings. The smallest absolute Gasteiger partial charge is 0.242 e. The van der Waals surface area contributed by atoms with Crippen LogP contribution in [0.3, 0.4) is 0 Å². The first-order valence-corrected chi connectivity index (χ1v) is 7.44. The second kappa shape index (κ2) is 6.39. The Labute approximate surface area is 122 Å². The summed E-state index contributed by atoms with van der Waals surface area (Å²) < 4.78 is 1.01. The molecule has 0 spiro atoms. The van der Waals surface area contributed by atoms with Crippen LogP contribution in [0.15, 0.2) is 28.7 Å². The second-order valence-corrected chi connectivity index (χ2v) is 5.79. The monoisotopic (exact) mass is 325 g/mol. The van der Waals surface area contributed by atoms with Crippen LogP contribution in [0.2, 0.25) is 0 Å². The molecule has 2 unspecified atom stereocenters. The highest BCUT2D eigenvalue weighted by atomic mass is 79.9. The summed E-state index contributed by atoms with van der Waals surface area (Å²) in [4.78, 5) is 14.4. The number of rotatable bonds is 3. The van der Waals surface area contributed by atoms with Crippen LogP contribution in [-0.4, -0.2) is 31.1 Å². The third-order valence-corrected chi connectivity index (χ3v) is 4.14. The number of benzene rings is 1. The van der Waals surface area contributed by atoms with E-state index in [1.165, 1.54) is 0 Å². The van der Waals surface area contributed by atoms with Gasteiger partial charge in [0.15, 0.2) is 0 Å². The molecule has 1 aromatic rings. The largest absolute Gasteiger partial charge is 0.358 e. The highest BCUT2D eigenvalue weighted by Gasteiger charge is 2.30. The fourth-order valence-corrected chi connectivity index (χ4v) is 2.97. The average Bonchev–Trinajstić information content (AvgIpc) is 2.51. The Bertz CT molecular complexity index is 452. The van der Waals surface area contributed by atoms with Crippen molar-refractivity contribution in [3.05, 3.63) is 28.7 Å². The van der Waals surface area contributed by atoms with E-state index in [1.54, 1.807) is 0 Å². The van der Waals surface area contributed by atoms with Crippen molar-refractivity contribution in [1.29, 1.82) is 0 Å². The summed E-state index contributed by atoms with van der Waals surface area (Å²) >= 11 is 3.57. The number of amides is 1. The van der Waals surface area contributed by atoms with E-state index in [-0.39, 0.29) is 18.0 Å². The van der Waals surface area contributed by atoms with Gasteiger partial charge in [0.1, 0.15) is 6.04 Å². The normalized spacial score (nSPS) is 23.9. The minimum absolute atomic E-state index is 0.0752. The molecule has 1 heterocycles. The molecule has 104 valence electrons. The lowest BCUT2D eigenvalue weighted by atomic mass is 10.1. The molecule has 0 aliphatic carbocycles. The number of hydrogen-bond acceptors (Lipinski definition) is 3. The van der Waals surface area contributed by atoms with Crippen molar-refractivity contribution in [2.24, 2.45) is 5.73 Å². The van der Waals surface area contributed by atoms with E-state index >= 15 is 0 Å². The van der Waals surface area contributed by atoms with Crippen LogP contribution < -0.4 is 16.0 Å². The summed E-state index contributed by atoms with van der Waals surface area (Å²) in [5, 5.41) is 3.04. The predicted octanol–water partition coefficient (Wildman–Crippen LogP) is 1.88. The average molecular weight is 326 g/mol. The lowest BCUT2D eigenvalue weighted by Crippen LogP contribution is -2.46. The van der Waals surface area contributed by atoms with Gasteiger partial charge >= 0.3 is 0 Å². The lowest BCUT2D eigenvalue weighted by Gasteiger charge is -2.31. The first-order valence-electron chi connectivity index (χ1n) is 6.65. The van der Waals surface area contributed by atoms with Gasteiger partial charge < -0.3 is 16.0 Å². The standard InChI is InChI=1S/C14H20BrN3O/c1-10-7-9-18(12-5-3-2-4-11(12)15)13(6-8-16)14(19)17-10/h2-5,10,13H,6-9,16H2,1H3,(H,17,19). The third-order valence-electron chi connectivity index (χ3n) is 3.47. The summed E-state index contributed by atoms with van der Waals surface area (Å²) in [6.07, 6.45) is 1.61. The molecule has 1 aliphatic rings. The van der Waals surface area contributed by atoms with E-state index in [4.69, 9.17) is 5.73 Å². The molecule has 3 N–H and O–H groups in total. The number of nitrogens with zero attached hydrogens (tertiary/aromatic N) is 1. The van der Waals surface area contributed by atoms with Crippen LogP contribution in [-0.2, 0) is 4.79 Å². The summed E-state index contributed by atoms with van der Waals surface area (Å²) in [6, 6.07) is 8.03. The van der Waals surface area contributed by atoms with Crippen molar-refractivity contribution >= 4 is 27.5 Å². The van der Waals surface area contributed by atoms with Crippen LogP contribution in [0.4, 0.5) is 5.69 Å². The van der Waals surface area contributed by atoms with E-state index in [1.807, 2.05) is 31.2 Å². The van der Waals surface area contributed by atoms with E-state index < -0.39 is 0 Å². The fraction of sp³-hybridized carbons (Fsp3) is 0.500. The molecule has 2 atom stereocenters. The Morgan fingerprint density at radius 2 is 2.21 bits per heavy atom. The Hall–Kier alpha value is -1.07. The quantitative estimate of drug-likeness (QED) is 0.892. The first kappa shape index (κ1) is 14.3. The summed E-state index contributed by atoms with van der Waals surface area (Å²) in [5.41, 5.74) is 6.73. The zero-order valence-electron chi connectivity index (χ0n) is 11.1. The van der Waals surface area contributed by atoms with Crippen LogP contribution in [0.5, 0.6) is 0 Å². The van der Waals surface area contributed by atoms with E-state index in [0.29, 0.717) is 13.0 Å². The van der Waals surface area contributed by atoms with Gasteiger partial charge in [-0.15, -0.1) is 0 Å². The predicted molar refractivity (Wildman–Crippen MR) is 81.2 cm³/mol. The molecular weight excluding hydrogens is 306 g/mol. The number of para-hydroxylation sites is 1. The van der Waals surface area contributed by atoms with Gasteiger partial charge in [0.05, 0.1) is 5.69 Å². The van der Waals surface area contributed by atoms with Gasteiger partial charge in [-0.25, -0.2) is 0 Å². The number of nitrogens with two attached hydrogens (primary N) is 1. The first-order chi connectivity index (χ1) is 9.13. The van der Waals surface area contributed by atoms with Gasteiger partial charge in [0, 0.05) is 17.1 Å². The number of nitrogens with one attached hydrogen (secondary N) is 1. The fourth-order valence-electron chi connectivity index (χ4n) is 2.46. The maximum atomic E-state index is 12.3. The SMILES string of the molecule is CC1CCN(c2ccccc2Br)C(CCN)C(=O)N1. The van der Waals surface area contributed by atoms with E-state index in [0.717, 1.165) is 23.1 Å². The second-order valence-electron chi connectivity index (χ2n) is 4.94. The van der Waals surface area contributed by atoms with Crippen molar-refractivity contribution in [1.82, 2.24) is 5.32 Å². The van der Waals surface area contributed by atoms with Crippen molar-refractivity contribution in [2.75, 3.05) is 18.0 Å². The Kier molecular flexibility index (Phi) is 4.82. The Morgan fingerprint density at radius 3 is 2.89 bits per heavy atom. The molecule has 0 aromatic heterocycles. The molecule has 1 aliphatic heterocycles. The molecule has 0 radical (unpaired) electrons. The van der Waals surface area contributed by atoms with Crippen LogP contribution in [0, 0.1) is 0 Å². The van der Waals surface area contributed by atoms with Crippen molar-refractivity contribution in [3.63, 3.8) is 0 Å². The van der Waals surface area contributed by atoms with Crippen molar-refractivity contribution in [2.45, 2.75) is 31.8 Å². The van der Waals surface area contributed by atoms with Crippen LogP contribution >= 0.6 is 15.9 Å². The Balaban J connectivity index is 2.33. The van der Waals surface area contributed by atoms with E-state index in [2.05, 4.69) is 26.1 Å². The zero-order chi connectivity index (χ0) is 13.8. The topological polar surface area (TPSA) is 58.4 Å². The van der Waals surface area contributed by atoms with Crippen LogP contribution in [0.25, 0.3) is 0 Å². The molecular formula is C14H20BrN3O. The number of carbonyl (C=O) groups excluding carboxylic acids is 1. The van der Waals surface area contributed by atoms with Gasteiger partial charge in [-0.3, -0.25) is 4.79 Å². The van der Waals surface area contributed by atoms with Crippen LogP contribution in [0.1, 0.15) is 19.8 Å². The Morgan fingerprint density at radius 1 is 1.47 bits per heavy atom. The van der Waals surface area contributed by atoms with Crippen molar-refractivity contribution < 1.29 is 4.79 Å². The highest BCUT2D eigenvalue weighted by Crippen LogP contribution is 2.29. The van der Waals surface area contributed by atoms with E-state index in [9.17, 15) is 4.79 Å². The highest BCUT2D eigenvalue weighted by molar-refractivity contribution is 9.10. The number of anilines is 1. The maximum Gasteiger partial charge on any atom is 0.242 e. The van der Waals surface area contributed by atoms with Gasteiger partial charge in [-0.1, -0.05) is 12.1 Å². The molecule has 0 saturated carbocycles. The molecule has 0 bridgehead atoms. The van der Waals surface area contributed by atoms with Gasteiger partial charge in [-0.05, 0) is 54.4 Å². The summed E-state index contributed by atoms with van der Waals surface area (Å²) in [7, 11) is 0. The summed E-state index contributed by atoms with van der Waals surface area (Å²) in [6.45, 7) is 3.40. The molecule has 5 heteroatoms. The van der Waals surface area contributed by atoms with Gasteiger partial charge in [-0.2, -0.15) is 0 Å².